The Kier molecular flexibility index (Phi) is 6.59. The summed E-state index contributed by atoms with van der Waals surface area (Å²) in [6.07, 6.45) is 0.351. The molecule has 0 radical (unpaired) electrons. The third-order valence-electron chi connectivity index (χ3n) is 4.66. The van der Waals surface area contributed by atoms with Crippen molar-refractivity contribution in [3.05, 3.63) is 70.1 Å². The fraction of sp³-hybridized carbons (Fsp3) is 0.261. The first kappa shape index (κ1) is 21.9. The van der Waals surface area contributed by atoms with Crippen molar-refractivity contribution in [2.45, 2.75) is 33.2 Å². The lowest BCUT2D eigenvalue weighted by Crippen LogP contribution is -2.28. The van der Waals surface area contributed by atoms with Gasteiger partial charge in [-0.1, -0.05) is 25.1 Å². The summed E-state index contributed by atoms with van der Waals surface area (Å²) in [5.74, 6) is -1.32. The Balaban J connectivity index is 1.77. The van der Waals surface area contributed by atoms with Gasteiger partial charge in [0.05, 0.1) is 11.4 Å². The number of Topliss-reactive ketones (excluding diaryl/α,β-unsaturated/α-hetero) is 1. The third kappa shape index (κ3) is 4.85. The molecule has 8 heteroatoms. The molecule has 0 aliphatic heterocycles. The van der Waals surface area contributed by atoms with E-state index in [0.717, 1.165) is 0 Å². The first-order valence-corrected chi connectivity index (χ1v) is 9.93. The summed E-state index contributed by atoms with van der Waals surface area (Å²) >= 11 is 0. The largest absolute Gasteiger partial charge is 0.452 e. The van der Waals surface area contributed by atoms with Gasteiger partial charge in [0.15, 0.2) is 18.1 Å². The lowest BCUT2D eigenvalue weighted by atomic mass is 10.1. The van der Waals surface area contributed by atoms with E-state index in [9.17, 15) is 19.2 Å². The normalized spacial score (nSPS) is 10.8. The molecule has 3 rings (SSSR count). The van der Waals surface area contributed by atoms with Crippen LogP contribution in [-0.2, 0) is 9.53 Å². The summed E-state index contributed by atoms with van der Waals surface area (Å²) in [4.78, 5) is 49.1. The number of amides is 1. The molecule has 1 N–H and O–H groups in total. The minimum absolute atomic E-state index is 0.0191. The second-order valence-corrected chi connectivity index (χ2v) is 7.22. The van der Waals surface area contributed by atoms with Gasteiger partial charge in [-0.25, -0.2) is 9.48 Å². The van der Waals surface area contributed by atoms with E-state index in [1.54, 1.807) is 69.3 Å². The number of hydrogen-bond donors (Lipinski definition) is 1. The lowest BCUT2D eigenvalue weighted by Gasteiger charge is -2.13. The van der Waals surface area contributed by atoms with E-state index < -0.39 is 18.4 Å². The topological polar surface area (TPSA) is 107 Å². The summed E-state index contributed by atoms with van der Waals surface area (Å²) in [6, 6.07) is 12.7. The summed E-state index contributed by atoms with van der Waals surface area (Å²) in [5, 5.41) is 7.60. The smallest absolute Gasteiger partial charge is 0.359 e. The fourth-order valence-electron chi connectivity index (χ4n) is 2.98. The van der Waals surface area contributed by atoms with Gasteiger partial charge in [0.2, 0.25) is 5.91 Å². The molecular weight excluding hydrogens is 398 g/mol. The summed E-state index contributed by atoms with van der Waals surface area (Å²) in [6.45, 7) is 4.84. The number of aromatic nitrogens is 2. The van der Waals surface area contributed by atoms with Crippen LogP contribution >= 0.6 is 0 Å². The number of fused-ring (bicyclic) bond motifs is 1. The van der Waals surface area contributed by atoms with Crippen LogP contribution in [0.1, 0.15) is 54.1 Å². The van der Waals surface area contributed by atoms with Gasteiger partial charge in [-0.05, 0) is 44.2 Å². The zero-order valence-electron chi connectivity index (χ0n) is 17.5. The molecule has 0 atom stereocenters. The monoisotopic (exact) mass is 421 g/mol. The Morgan fingerprint density at radius 1 is 1.03 bits per heavy atom. The maximum absolute atomic E-state index is 12.7. The van der Waals surface area contributed by atoms with E-state index in [0.29, 0.717) is 28.4 Å². The standard InChI is InChI=1S/C23H23N3O5/c1-4-20(28)24-16-11-9-15(10-12-16)19(27)13-31-23(30)21-17-7-5-6-8-18(17)22(29)26(25-21)14(2)3/h5-12,14H,4,13H2,1-3H3,(H,24,28). The number of nitrogens with one attached hydrogen (secondary N) is 1. The average Bonchev–Trinajstić information content (AvgIpc) is 2.77. The molecule has 1 amide bonds. The molecule has 0 fully saturated rings. The van der Waals surface area contributed by atoms with E-state index in [4.69, 9.17) is 4.74 Å². The maximum atomic E-state index is 12.7. The molecule has 8 nitrogen and oxygen atoms in total. The van der Waals surface area contributed by atoms with E-state index in [1.807, 2.05) is 0 Å². The van der Waals surface area contributed by atoms with Crippen LogP contribution in [0.2, 0.25) is 0 Å². The predicted octanol–water partition coefficient (Wildman–Crippen LogP) is 3.37. The van der Waals surface area contributed by atoms with E-state index in [2.05, 4.69) is 10.4 Å². The van der Waals surface area contributed by atoms with Crippen molar-refractivity contribution < 1.29 is 19.1 Å². The molecule has 0 saturated heterocycles. The molecule has 1 heterocycles. The number of carbonyl (C=O) groups is 3. The highest BCUT2D eigenvalue weighted by atomic mass is 16.5. The van der Waals surface area contributed by atoms with Crippen LogP contribution in [0.25, 0.3) is 10.8 Å². The first-order chi connectivity index (χ1) is 14.8. The molecule has 0 unspecified atom stereocenters. The molecule has 2 aromatic carbocycles. The zero-order valence-corrected chi connectivity index (χ0v) is 17.5. The van der Waals surface area contributed by atoms with Gasteiger partial charge in [-0.15, -0.1) is 0 Å². The number of ether oxygens (including phenoxy) is 1. The van der Waals surface area contributed by atoms with Crippen molar-refractivity contribution in [3.63, 3.8) is 0 Å². The molecule has 0 saturated carbocycles. The molecule has 1 aromatic heterocycles. The highest BCUT2D eigenvalue weighted by Crippen LogP contribution is 2.16. The van der Waals surface area contributed by atoms with Crippen LogP contribution in [0, 0.1) is 0 Å². The number of nitrogens with zero attached hydrogens (tertiary/aromatic N) is 2. The Morgan fingerprint density at radius 3 is 2.29 bits per heavy atom. The van der Waals surface area contributed by atoms with E-state index in [-0.39, 0.29) is 23.2 Å². The molecule has 0 aliphatic carbocycles. The van der Waals surface area contributed by atoms with Crippen molar-refractivity contribution in [2.75, 3.05) is 11.9 Å². The van der Waals surface area contributed by atoms with Crippen LogP contribution in [-0.4, -0.2) is 34.0 Å². The van der Waals surface area contributed by atoms with Gasteiger partial charge in [0.1, 0.15) is 0 Å². The zero-order chi connectivity index (χ0) is 22.5. The molecular formula is C23H23N3O5. The highest BCUT2D eigenvalue weighted by molar-refractivity contribution is 6.04. The van der Waals surface area contributed by atoms with E-state index in [1.165, 1.54) is 4.68 Å². The number of benzene rings is 2. The van der Waals surface area contributed by atoms with Gasteiger partial charge in [0, 0.05) is 23.1 Å². The second kappa shape index (κ2) is 9.34. The van der Waals surface area contributed by atoms with Crippen molar-refractivity contribution in [1.29, 1.82) is 0 Å². The van der Waals surface area contributed by atoms with Crippen molar-refractivity contribution in [1.82, 2.24) is 9.78 Å². The molecule has 31 heavy (non-hydrogen) atoms. The Bertz CT molecular complexity index is 1200. The summed E-state index contributed by atoms with van der Waals surface area (Å²) in [5.41, 5.74) is 0.599. The average molecular weight is 421 g/mol. The number of ketones is 1. The van der Waals surface area contributed by atoms with Gasteiger partial charge in [0.25, 0.3) is 5.56 Å². The van der Waals surface area contributed by atoms with Crippen molar-refractivity contribution >= 4 is 34.1 Å². The van der Waals surface area contributed by atoms with Gasteiger partial charge in [-0.2, -0.15) is 5.10 Å². The first-order valence-electron chi connectivity index (χ1n) is 9.93. The van der Waals surface area contributed by atoms with Crippen LogP contribution < -0.4 is 10.9 Å². The number of anilines is 1. The molecule has 0 spiro atoms. The van der Waals surface area contributed by atoms with Gasteiger partial charge in [-0.3, -0.25) is 14.4 Å². The minimum atomic E-state index is -0.786. The third-order valence-corrected chi connectivity index (χ3v) is 4.66. The quantitative estimate of drug-likeness (QED) is 0.463. The SMILES string of the molecule is CCC(=O)Nc1ccc(C(=O)COC(=O)c2nn(C(C)C)c(=O)c3ccccc23)cc1. The number of hydrogen-bond acceptors (Lipinski definition) is 6. The molecule has 0 aliphatic rings. The fourth-order valence-corrected chi connectivity index (χ4v) is 2.98. The maximum Gasteiger partial charge on any atom is 0.359 e. The minimum Gasteiger partial charge on any atom is -0.452 e. The lowest BCUT2D eigenvalue weighted by molar-refractivity contribution is -0.115. The van der Waals surface area contributed by atoms with Gasteiger partial charge >= 0.3 is 5.97 Å². The number of rotatable bonds is 7. The second-order valence-electron chi connectivity index (χ2n) is 7.22. The van der Waals surface area contributed by atoms with Gasteiger partial charge < -0.3 is 10.1 Å². The summed E-state index contributed by atoms with van der Waals surface area (Å²) < 4.78 is 6.43. The molecule has 0 bridgehead atoms. The molecule has 3 aromatic rings. The van der Waals surface area contributed by atoms with Crippen LogP contribution in [0.5, 0.6) is 0 Å². The number of carbonyl (C=O) groups excluding carboxylic acids is 3. The summed E-state index contributed by atoms with van der Waals surface area (Å²) in [7, 11) is 0. The predicted molar refractivity (Wildman–Crippen MR) is 116 cm³/mol. The van der Waals surface area contributed by atoms with E-state index >= 15 is 0 Å². The number of esters is 1. The Morgan fingerprint density at radius 2 is 1.68 bits per heavy atom. The van der Waals surface area contributed by atoms with Crippen LogP contribution in [0.4, 0.5) is 5.69 Å². The van der Waals surface area contributed by atoms with Crippen molar-refractivity contribution in [2.24, 2.45) is 0 Å². The van der Waals surface area contributed by atoms with Crippen molar-refractivity contribution in [3.8, 4) is 0 Å². The Labute approximate surface area is 178 Å². The van der Waals surface area contributed by atoms with Crippen LogP contribution in [0.15, 0.2) is 53.3 Å². The highest BCUT2D eigenvalue weighted by Gasteiger charge is 2.20. The van der Waals surface area contributed by atoms with Crippen LogP contribution in [0.3, 0.4) is 0 Å². The Hall–Kier alpha value is -3.81. The molecule has 160 valence electrons.